The normalized spacial score (nSPS) is 13.9. The highest BCUT2D eigenvalue weighted by atomic mass is 16.2. The molecule has 1 aromatic heterocycles. The number of fused-ring (bicyclic) bond motifs is 1. The molecule has 1 aliphatic rings. The quantitative estimate of drug-likeness (QED) is 0.856. The molecular weight excluding hydrogens is 254 g/mol. The van der Waals surface area contributed by atoms with Crippen molar-refractivity contribution < 1.29 is 4.79 Å². The molecule has 1 amide bonds. The average Bonchev–Trinajstić information content (AvgIpc) is 2.45. The summed E-state index contributed by atoms with van der Waals surface area (Å²) in [4.78, 5) is 31.9. The molecule has 5 heteroatoms. The van der Waals surface area contributed by atoms with E-state index in [1.807, 2.05) is 19.1 Å². The Morgan fingerprint density at radius 1 is 1.35 bits per heavy atom. The Morgan fingerprint density at radius 3 is 3.00 bits per heavy atom. The van der Waals surface area contributed by atoms with Gasteiger partial charge in [0.05, 0.1) is 6.33 Å². The summed E-state index contributed by atoms with van der Waals surface area (Å²) in [6.07, 6.45) is 3.16. The van der Waals surface area contributed by atoms with Gasteiger partial charge < -0.3 is 9.88 Å². The SMILES string of the molecule is Cc1ccc2c(c1)CCCN2C(=O)c1cc(=O)[nH]cn1. The first-order chi connectivity index (χ1) is 9.65. The maximum absolute atomic E-state index is 12.5. The standard InChI is InChI=1S/C15H15N3O2/c1-10-4-5-13-11(7-10)3-2-6-18(13)15(20)12-8-14(19)17-9-16-12/h4-5,7-9H,2-3,6H2,1H3,(H,16,17,19). The van der Waals surface area contributed by atoms with Crippen molar-refractivity contribution in [2.75, 3.05) is 11.4 Å². The second kappa shape index (κ2) is 4.92. The third-order valence-electron chi connectivity index (χ3n) is 3.50. The smallest absolute Gasteiger partial charge is 0.277 e. The maximum Gasteiger partial charge on any atom is 0.277 e. The molecule has 0 unspecified atom stereocenters. The summed E-state index contributed by atoms with van der Waals surface area (Å²) in [5.41, 5.74) is 3.15. The van der Waals surface area contributed by atoms with E-state index in [0.717, 1.165) is 18.5 Å². The molecule has 0 radical (unpaired) electrons. The van der Waals surface area contributed by atoms with Gasteiger partial charge in [0, 0.05) is 18.3 Å². The zero-order valence-electron chi connectivity index (χ0n) is 11.2. The van der Waals surface area contributed by atoms with E-state index in [1.54, 1.807) is 4.90 Å². The van der Waals surface area contributed by atoms with Gasteiger partial charge in [0.15, 0.2) is 0 Å². The summed E-state index contributed by atoms with van der Waals surface area (Å²) in [5.74, 6) is -0.221. The van der Waals surface area contributed by atoms with E-state index >= 15 is 0 Å². The summed E-state index contributed by atoms with van der Waals surface area (Å²) in [5, 5.41) is 0. The fourth-order valence-corrected chi connectivity index (χ4v) is 2.56. The molecule has 3 rings (SSSR count). The van der Waals surface area contributed by atoms with Crippen molar-refractivity contribution >= 4 is 11.6 Å². The number of hydrogen-bond acceptors (Lipinski definition) is 3. The molecule has 1 aromatic carbocycles. The van der Waals surface area contributed by atoms with Gasteiger partial charge in [0.25, 0.3) is 11.5 Å². The lowest BCUT2D eigenvalue weighted by molar-refractivity contribution is 0.0980. The number of aromatic nitrogens is 2. The largest absolute Gasteiger partial charge is 0.313 e. The Hall–Kier alpha value is -2.43. The third-order valence-corrected chi connectivity index (χ3v) is 3.50. The predicted molar refractivity (Wildman–Crippen MR) is 76.0 cm³/mol. The second-order valence-electron chi connectivity index (χ2n) is 4.99. The van der Waals surface area contributed by atoms with Crippen LogP contribution in [0.3, 0.4) is 0 Å². The van der Waals surface area contributed by atoms with Crippen molar-refractivity contribution in [2.45, 2.75) is 19.8 Å². The first kappa shape index (κ1) is 12.6. The number of amides is 1. The molecule has 0 fully saturated rings. The molecule has 102 valence electrons. The number of carbonyl (C=O) groups excluding carboxylic acids is 1. The van der Waals surface area contributed by atoms with Crippen molar-refractivity contribution in [3.05, 3.63) is 57.8 Å². The third kappa shape index (κ3) is 2.22. The number of nitrogens with zero attached hydrogens (tertiary/aromatic N) is 2. The number of rotatable bonds is 1. The fraction of sp³-hybridized carbons (Fsp3) is 0.267. The number of anilines is 1. The number of aromatic amines is 1. The highest BCUT2D eigenvalue weighted by Gasteiger charge is 2.24. The van der Waals surface area contributed by atoms with Gasteiger partial charge in [-0.2, -0.15) is 0 Å². The van der Waals surface area contributed by atoms with Gasteiger partial charge in [-0.3, -0.25) is 9.59 Å². The molecule has 0 aliphatic carbocycles. The molecule has 2 heterocycles. The van der Waals surface area contributed by atoms with Gasteiger partial charge in [0.2, 0.25) is 0 Å². The van der Waals surface area contributed by atoms with Crippen LogP contribution in [0.4, 0.5) is 5.69 Å². The van der Waals surface area contributed by atoms with Crippen LogP contribution in [0.15, 0.2) is 35.4 Å². The first-order valence-corrected chi connectivity index (χ1v) is 6.61. The van der Waals surface area contributed by atoms with Gasteiger partial charge >= 0.3 is 0 Å². The Balaban J connectivity index is 2.00. The zero-order chi connectivity index (χ0) is 14.1. The highest BCUT2D eigenvalue weighted by molar-refractivity contribution is 6.05. The molecule has 20 heavy (non-hydrogen) atoms. The lowest BCUT2D eigenvalue weighted by atomic mass is 9.99. The van der Waals surface area contributed by atoms with E-state index in [9.17, 15) is 9.59 Å². The lowest BCUT2D eigenvalue weighted by Crippen LogP contribution is -2.36. The predicted octanol–water partition coefficient (Wildman–Crippen LogP) is 1.67. The highest BCUT2D eigenvalue weighted by Crippen LogP contribution is 2.28. The van der Waals surface area contributed by atoms with Gasteiger partial charge in [0.1, 0.15) is 5.69 Å². The zero-order valence-corrected chi connectivity index (χ0v) is 11.2. The van der Waals surface area contributed by atoms with Crippen LogP contribution in [0.1, 0.15) is 28.0 Å². The Labute approximate surface area is 116 Å². The second-order valence-corrected chi connectivity index (χ2v) is 4.99. The molecule has 0 saturated carbocycles. The number of nitrogens with one attached hydrogen (secondary N) is 1. The minimum absolute atomic E-state index is 0.183. The van der Waals surface area contributed by atoms with Crippen LogP contribution >= 0.6 is 0 Å². The van der Waals surface area contributed by atoms with E-state index in [-0.39, 0.29) is 17.2 Å². The molecule has 0 saturated heterocycles. The fourth-order valence-electron chi connectivity index (χ4n) is 2.56. The van der Waals surface area contributed by atoms with Gasteiger partial charge in [-0.15, -0.1) is 0 Å². The van der Waals surface area contributed by atoms with Crippen LogP contribution in [0.5, 0.6) is 0 Å². The van der Waals surface area contributed by atoms with Crippen LogP contribution in [0.25, 0.3) is 0 Å². The Kier molecular flexibility index (Phi) is 3.10. The number of hydrogen-bond donors (Lipinski definition) is 1. The van der Waals surface area contributed by atoms with Crippen LogP contribution in [0, 0.1) is 6.92 Å². The van der Waals surface area contributed by atoms with Gasteiger partial charge in [-0.25, -0.2) is 4.98 Å². The molecule has 1 aliphatic heterocycles. The van der Waals surface area contributed by atoms with Crippen LogP contribution in [0.2, 0.25) is 0 Å². The molecule has 0 bridgehead atoms. The summed E-state index contributed by atoms with van der Waals surface area (Å²) in [6.45, 7) is 2.70. The summed E-state index contributed by atoms with van der Waals surface area (Å²) < 4.78 is 0. The van der Waals surface area contributed by atoms with E-state index in [4.69, 9.17) is 0 Å². The van der Waals surface area contributed by atoms with Crippen LogP contribution in [-0.4, -0.2) is 22.4 Å². The molecule has 0 spiro atoms. The van der Waals surface area contributed by atoms with E-state index < -0.39 is 0 Å². The Bertz CT molecular complexity index is 721. The van der Waals surface area contributed by atoms with Crippen molar-refractivity contribution in [2.24, 2.45) is 0 Å². The Morgan fingerprint density at radius 2 is 2.20 bits per heavy atom. The summed E-state index contributed by atoms with van der Waals surface area (Å²) in [7, 11) is 0. The number of carbonyl (C=O) groups is 1. The first-order valence-electron chi connectivity index (χ1n) is 6.61. The van der Waals surface area contributed by atoms with E-state index in [2.05, 4.69) is 16.0 Å². The molecule has 2 aromatic rings. The number of benzene rings is 1. The van der Waals surface area contributed by atoms with Gasteiger partial charge in [-0.1, -0.05) is 17.7 Å². The molecule has 1 N–H and O–H groups in total. The number of aryl methyl sites for hydroxylation is 2. The summed E-state index contributed by atoms with van der Waals surface area (Å²) >= 11 is 0. The molecule has 0 atom stereocenters. The van der Waals surface area contributed by atoms with Crippen molar-refractivity contribution in [1.29, 1.82) is 0 Å². The topological polar surface area (TPSA) is 66.1 Å². The van der Waals surface area contributed by atoms with E-state index in [1.165, 1.54) is 23.5 Å². The van der Waals surface area contributed by atoms with Crippen LogP contribution < -0.4 is 10.5 Å². The summed E-state index contributed by atoms with van der Waals surface area (Å²) in [6, 6.07) is 7.31. The maximum atomic E-state index is 12.5. The minimum atomic E-state index is -0.315. The molecule has 5 nitrogen and oxygen atoms in total. The average molecular weight is 269 g/mol. The van der Waals surface area contributed by atoms with Crippen molar-refractivity contribution in [3.8, 4) is 0 Å². The van der Waals surface area contributed by atoms with Gasteiger partial charge in [-0.05, 0) is 31.4 Å². The van der Waals surface area contributed by atoms with E-state index in [0.29, 0.717) is 6.54 Å². The van der Waals surface area contributed by atoms with Crippen LogP contribution in [-0.2, 0) is 6.42 Å². The van der Waals surface area contributed by atoms with Crippen molar-refractivity contribution in [3.63, 3.8) is 0 Å². The monoisotopic (exact) mass is 269 g/mol. The van der Waals surface area contributed by atoms with Crippen molar-refractivity contribution in [1.82, 2.24) is 9.97 Å². The lowest BCUT2D eigenvalue weighted by Gasteiger charge is -2.29. The minimum Gasteiger partial charge on any atom is -0.313 e. The number of H-pyrrole nitrogens is 1. The molecular formula is C15H15N3O2.